The van der Waals surface area contributed by atoms with Crippen molar-refractivity contribution in [2.45, 2.75) is 13.8 Å². The van der Waals surface area contributed by atoms with E-state index in [1.807, 2.05) is 36.6 Å². The van der Waals surface area contributed by atoms with Gasteiger partial charge in [-0.05, 0) is 91.7 Å². The molecule has 0 spiro atoms. The molecule has 1 aliphatic rings. The summed E-state index contributed by atoms with van der Waals surface area (Å²) in [6, 6.07) is 33.7. The summed E-state index contributed by atoms with van der Waals surface area (Å²) in [5.41, 5.74) is 9.74. The van der Waals surface area contributed by atoms with Gasteiger partial charge in [-0.1, -0.05) is 109 Å². The first-order valence-corrected chi connectivity index (χ1v) is 14.1. The summed E-state index contributed by atoms with van der Waals surface area (Å²) in [5, 5.41) is 7.99. The third-order valence-corrected chi connectivity index (χ3v) is 8.44. The summed E-state index contributed by atoms with van der Waals surface area (Å²) in [4.78, 5) is 4.84. The van der Waals surface area contributed by atoms with Gasteiger partial charge in [0.15, 0.2) is 0 Å². The van der Waals surface area contributed by atoms with E-state index in [1.165, 1.54) is 65.7 Å². The molecule has 0 atom stereocenters. The van der Waals surface area contributed by atoms with Crippen LogP contribution in [-0.2, 0) is 0 Å². The normalized spacial score (nSPS) is 15.2. The first kappa shape index (κ1) is 23.7. The van der Waals surface area contributed by atoms with Gasteiger partial charge >= 0.3 is 0 Å². The number of imidazole rings is 1. The first-order chi connectivity index (χ1) is 20.1. The van der Waals surface area contributed by atoms with Crippen molar-refractivity contribution in [1.29, 1.82) is 0 Å². The Morgan fingerprint density at radius 3 is 2.15 bits per heavy atom. The lowest BCUT2D eigenvalue weighted by molar-refractivity contribution is 1.11. The largest absolute Gasteiger partial charge is 0.306 e. The maximum absolute atomic E-state index is 4.84. The van der Waals surface area contributed by atoms with Crippen molar-refractivity contribution in [3.63, 3.8) is 0 Å². The maximum atomic E-state index is 4.84. The smallest absolute Gasteiger partial charge is 0.137 e. The van der Waals surface area contributed by atoms with Crippen LogP contribution in [0.1, 0.15) is 17.0 Å². The lowest BCUT2D eigenvalue weighted by Gasteiger charge is -2.18. The van der Waals surface area contributed by atoms with E-state index >= 15 is 0 Å². The number of aromatic nitrogens is 2. The van der Waals surface area contributed by atoms with Gasteiger partial charge in [-0.15, -0.1) is 0 Å². The highest BCUT2D eigenvalue weighted by Gasteiger charge is 2.16. The van der Waals surface area contributed by atoms with Crippen molar-refractivity contribution in [2.75, 3.05) is 0 Å². The summed E-state index contributed by atoms with van der Waals surface area (Å²) in [5.74, 6) is 0.929. The summed E-state index contributed by atoms with van der Waals surface area (Å²) in [6.45, 7) is 4.48. The van der Waals surface area contributed by atoms with Gasteiger partial charge in [0.25, 0.3) is 0 Å². The van der Waals surface area contributed by atoms with E-state index in [-0.39, 0.29) is 0 Å². The fourth-order valence-electron chi connectivity index (χ4n) is 6.47. The van der Waals surface area contributed by atoms with Crippen LogP contribution in [0.15, 0.2) is 121 Å². The van der Waals surface area contributed by atoms with E-state index in [0.717, 1.165) is 17.1 Å². The van der Waals surface area contributed by atoms with E-state index in [4.69, 9.17) is 4.98 Å². The van der Waals surface area contributed by atoms with E-state index in [1.54, 1.807) is 0 Å². The van der Waals surface area contributed by atoms with Crippen LogP contribution in [0.25, 0.3) is 78.1 Å². The fourth-order valence-corrected chi connectivity index (χ4v) is 6.47. The van der Waals surface area contributed by atoms with Crippen molar-refractivity contribution < 1.29 is 0 Å². The number of hydrogen-bond donors (Lipinski definition) is 0. The molecule has 7 aromatic rings. The molecule has 6 aromatic carbocycles. The molecule has 0 saturated heterocycles. The predicted octanol–water partition coefficient (Wildman–Crippen LogP) is 10.5. The molecule has 2 nitrogen and oxygen atoms in total. The minimum atomic E-state index is 0.929. The molecular formula is C39H28N2. The zero-order chi connectivity index (χ0) is 27.5. The molecule has 1 aliphatic heterocycles. The highest BCUT2D eigenvalue weighted by atomic mass is 15.1. The third kappa shape index (κ3) is 3.83. The number of rotatable bonds is 3. The molecular weight excluding hydrogens is 496 g/mol. The quantitative estimate of drug-likeness (QED) is 0.210. The van der Waals surface area contributed by atoms with Crippen LogP contribution < -0.4 is 0 Å². The number of hydrogen-bond acceptors (Lipinski definition) is 1. The molecule has 0 N–H and O–H groups in total. The van der Waals surface area contributed by atoms with Gasteiger partial charge in [0.1, 0.15) is 5.82 Å². The van der Waals surface area contributed by atoms with Gasteiger partial charge < -0.3 is 4.57 Å². The van der Waals surface area contributed by atoms with E-state index in [0.29, 0.717) is 0 Å². The Hall–Kier alpha value is -5.21. The average molecular weight is 525 g/mol. The Labute approximate surface area is 239 Å². The van der Waals surface area contributed by atoms with Crippen molar-refractivity contribution in [1.82, 2.24) is 9.55 Å². The second-order valence-corrected chi connectivity index (χ2v) is 11.0. The molecule has 0 unspecified atom stereocenters. The first-order valence-electron chi connectivity index (χ1n) is 14.1. The zero-order valence-corrected chi connectivity index (χ0v) is 23.1. The minimum absolute atomic E-state index is 0.929. The molecule has 0 fully saturated rings. The van der Waals surface area contributed by atoms with Gasteiger partial charge in [-0.3, -0.25) is 0 Å². The molecule has 0 radical (unpaired) electrons. The maximum Gasteiger partial charge on any atom is 0.137 e. The topological polar surface area (TPSA) is 17.8 Å². The lowest BCUT2D eigenvalue weighted by Crippen LogP contribution is -1.93. The SMILES string of the molecule is Cc1cc(-c2ccc(-c3cn4c(n3)/C=C/C=C/C=C\4)cc2)ccc1-c1c(C)cc2ccc3cccc4ccc1c2c34. The van der Waals surface area contributed by atoms with Crippen molar-refractivity contribution in [2.24, 2.45) is 0 Å². The van der Waals surface area contributed by atoms with Gasteiger partial charge in [-0.25, -0.2) is 4.98 Å². The number of nitrogens with zero attached hydrogens (tertiary/aromatic N) is 2. The monoisotopic (exact) mass is 524 g/mol. The molecule has 2 heterocycles. The molecule has 0 amide bonds. The molecule has 41 heavy (non-hydrogen) atoms. The lowest BCUT2D eigenvalue weighted by atomic mass is 9.85. The summed E-state index contributed by atoms with van der Waals surface area (Å²) in [7, 11) is 0. The van der Waals surface area contributed by atoms with E-state index in [2.05, 4.69) is 116 Å². The molecule has 194 valence electrons. The van der Waals surface area contributed by atoms with Gasteiger partial charge in [0, 0.05) is 18.0 Å². The Morgan fingerprint density at radius 2 is 1.32 bits per heavy atom. The Bertz CT molecular complexity index is 2150. The second kappa shape index (κ2) is 9.18. The standard InChI is InChI=1S/C39H28N2/c1-25-22-31(27-11-13-28(14-12-27)35-24-41-21-6-4-3-5-10-36(41)40-35)18-19-33(25)37-26(2)23-32-16-15-29-8-7-9-30-17-20-34(37)39(32)38(29)30/h3-24H,1-2H3/b4-3+,10-5+,21-6-. The molecule has 2 heteroatoms. The van der Waals surface area contributed by atoms with Crippen LogP contribution in [0.5, 0.6) is 0 Å². The zero-order valence-electron chi connectivity index (χ0n) is 23.1. The average Bonchev–Trinajstić information content (AvgIpc) is 3.37. The molecule has 0 saturated carbocycles. The Balaban J connectivity index is 1.18. The fraction of sp³-hybridized carbons (Fsp3) is 0.0513. The molecule has 8 rings (SSSR count). The van der Waals surface area contributed by atoms with Gasteiger partial charge in [-0.2, -0.15) is 0 Å². The second-order valence-electron chi connectivity index (χ2n) is 11.0. The number of benzene rings is 6. The van der Waals surface area contributed by atoms with Gasteiger partial charge in [0.05, 0.1) is 5.69 Å². The van der Waals surface area contributed by atoms with Crippen LogP contribution in [0.4, 0.5) is 0 Å². The van der Waals surface area contributed by atoms with Crippen molar-refractivity contribution >= 4 is 44.6 Å². The van der Waals surface area contributed by atoms with Gasteiger partial charge in [0.2, 0.25) is 0 Å². The number of fused-ring (bicyclic) bond motifs is 1. The van der Waals surface area contributed by atoms with Crippen LogP contribution in [0, 0.1) is 13.8 Å². The molecule has 0 bridgehead atoms. The highest BCUT2D eigenvalue weighted by Crippen LogP contribution is 2.42. The van der Waals surface area contributed by atoms with Crippen LogP contribution >= 0.6 is 0 Å². The van der Waals surface area contributed by atoms with Crippen molar-refractivity contribution in [3.8, 4) is 33.5 Å². The number of allylic oxidation sites excluding steroid dienone is 4. The summed E-state index contributed by atoms with van der Waals surface area (Å²) in [6.07, 6.45) is 14.2. The van der Waals surface area contributed by atoms with Crippen LogP contribution in [-0.4, -0.2) is 9.55 Å². The van der Waals surface area contributed by atoms with E-state index in [9.17, 15) is 0 Å². The minimum Gasteiger partial charge on any atom is -0.306 e. The predicted molar refractivity (Wildman–Crippen MR) is 175 cm³/mol. The van der Waals surface area contributed by atoms with Crippen LogP contribution in [0.2, 0.25) is 0 Å². The van der Waals surface area contributed by atoms with Crippen LogP contribution in [0.3, 0.4) is 0 Å². The molecule has 1 aromatic heterocycles. The Morgan fingerprint density at radius 1 is 0.585 bits per heavy atom. The van der Waals surface area contributed by atoms with Crippen molar-refractivity contribution in [3.05, 3.63) is 138 Å². The summed E-state index contributed by atoms with van der Waals surface area (Å²) >= 11 is 0. The summed E-state index contributed by atoms with van der Waals surface area (Å²) < 4.78 is 2.06. The highest BCUT2D eigenvalue weighted by molar-refractivity contribution is 6.26. The Kier molecular flexibility index (Phi) is 5.30. The third-order valence-electron chi connectivity index (χ3n) is 8.44. The molecule has 0 aliphatic carbocycles. The van der Waals surface area contributed by atoms with E-state index < -0.39 is 0 Å². The number of aryl methyl sites for hydroxylation is 2.